The molecule has 1 aromatic carbocycles. The molecule has 2 saturated carbocycles. The summed E-state index contributed by atoms with van der Waals surface area (Å²) >= 11 is 0. The molecular formula is C18H24O. The molecule has 3 aliphatic carbocycles. The Balaban J connectivity index is 1.90. The van der Waals surface area contributed by atoms with E-state index < -0.39 is 0 Å². The van der Waals surface area contributed by atoms with Crippen molar-refractivity contribution >= 4 is 0 Å². The topological polar surface area (TPSA) is 20.2 Å². The van der Waals surface area contributed by atoms with Crippen LogP contribution in [0.25, 0.3) is 0 Å². The van der Waals surface area contributed by atoms with Gasteiger partial charge in [0, 0.05) is 0 Å². The van der Waals surface area contributed by atoms with E-state index in [0.29, 0.717) is 11.2 Å². The van der Waals surface area contributed by atoms with E-state index in [4.69, 9.17) is 0 Å². The Labute approximate surface area is 116 Å². The number of phenolic OH excluding ortho intramolecular Hbond substituents is 1. The number of hydrogen-bond acceptors (Lipinski definition) is 1. The van der Waals surface area contributed by atoms with E-state index in [1.807, 2.05) is 6.07 Å². The van der Waals surface area contributed by atoms with Gasteiger partial charge in [-0.25, -0.2) is 0 Å². The monoisotopic (exact) mass is 256 g/mol. The largest absolute Gasteiger partial charge is 0.508 e. The first kappa shape index (κ1) is 11.8. The van der Waals surface area contributed by atoms with Gasteiger partial charge in [0.2, 0.25) is 0 Å². The van der Waals surface area contributed by atoms with Crippen molar-refractivity contribution in [3.63, 3.8) is 0 Å². The summed E-state index contributed by atoms with van der Waals surface area (Å²) in [6.45, 7) is 2.47. The van der Waals surface area contributed by atoms with Crippen molar-refractivity contribution < 1.29 is 5.11 Å². The lowest BCUT2D eigenvalue weighted by atomic mass is 9.47. The molecule has 19 heavy (non-hydrogen) atoms. The molecule has 0 amide bonds. The fourth-order valence-corrected chi connectivity index (χ4v) is 5.57. The maximum Gasteiger partial charge on any atom is 0.115 e. The minimum absolute atomic E-state index is 0.418. The molecule has 4 atom stereocenters. The van der Waals surface area contributed by atoms with Crippen LogP contribution in [0.2, 0.25) is 0 Å². The molecule has 1 N–H and O–H groups in total. The highest BCUT2D eigenvalue weighted by Gasteiger charge is 2.53. The van der Waals surface area contributed by atoms with Crippen LogP contribution in [0.15, 0.2) is 18.2 Å². The standard InChI is InChI=1S/C18H24O/c1-12-7-9-18-8-3-2-4-16(18)15(12)10-13-5-6-14(19)11-17(13)18/h5-6,11-12,15-16,19H,2-4,7-10H2,1H3/t12-,15+,16+,18-/m1/s1. The molecule has 0 unspecified atom stereocenters. The van der Waals surface area contributed by atoms with E-state index in [-0.39, 0.29) is 0 Å². The fraction of sp³-hybridized carbons (Fsp3) is 0.667. The number of phenols is 1. The molecule has 0 aliphatic heterocycles. The van der Waals surface area contributed by atoms with Gasteiger partial charge in [0.1, 0.15) is 5.75 Å². The molecule has 0 spiro atoms. The summed E-state index contributed by atoms with van der Waals surface area (Å²) < 4.78 is 0. The molecule has 0 aromatic heterocycles. The number of fused-ring (bicyclic) bond motifs is 1. The molecule has 1 nitrogen and oxygen atoms in total. The van der Waals surface area contributed by atoms with Crippen molar-refractivity contribution in [3.8, 4) is 5.75 Å². The predicted octanol–water partition coefficient (Wildman–Crippen LogP) is 4.42. The summed E-state index contributed by atoms with van der Waals surface area (Å²) in [4.78, 5) is 0. The van der Waals surface area contributed by atoms with Gasteiger partial charge in [0.25, 0.3) is 0 Å². The summed E-state index contributed by atoms with van der Waals surface area (Å²) in [7, 11) is 0. The third kappa shape index (κ3) is 1.53. The van der Waals surface area contributed by atoms with Crippen molar-refractivity contribution in [2.75, 3.05) is 0 Å². The summed E-state index contributed by atoms with van der Waals surface area (Å²) in [6, 6.07) is 6.18. The summed E-state index contributed by atoms with van der Waals surface area (Å²) in [5.74, 6) is 3.14. The highest BCUT2D eigenvalue weighted by atomic mass is 16.3. The van der Waals surface area contributed by atoms with Crippen LogP contribution in [0, 0.1) is 17.8 Å². The zero-order chi connectivity index (χ0) is 13.0. The highest BCUT2D eigenvalue weighted by Crippen LogP contribution is 2.60. The van der Waals surface area contributed by atoms with Crippen molar-refractivity contribution in [1.82, 2.24) is 0 Å². The molecule has 1 heteroatoms. The minimum atomic E-state index is 0.418. The van der Waals surface area contributed by atoms with Crippen LogP contribution in [0.1, 0.15) is 56.6 Å². The fourth-order valence-electron chi connectivity index (χ4n) is 5.57. The summed E-state index contributed by atoms with van der Waals surface area (Å²) in [6.07, 6.45) is 9.57. The molecule has 1 aromatic rings. The van der Waals surface area contributed by atoms with E-state index >= 15 is 0 Å². The molecule has 0 heterocycles. The first-order valence-corrected chi connectivity index (χ1v) is 8.03. The normalized spacial score (nSPS) is 40.4. The number of hydrogen-bond donors (Lipinski definition) is 1. The Morgan fingerprint density at radius 3 is 2.95 bits per heavy atom. The van der Waals surface area contributed by atoms with E-state index in [2.05, 4.69) is 19.1 Å². The Bertz CT molecular complexity index is 506. The van der Waals surface area contributed by atoms with Crippen molar-refractivity contribution in [2.24, 2.45) is 17.8 Å². The van der Waals surface area contributed by atoms with Gasteiger partial charge in [-0.1, -0.05) is 25.8 Å². The van der Waals surface area contributed by atoms with Crippen molar-refractivity contribution in [3.05, 3.63) is 29.3 Å². The maximum absolute atomic E-state index is 9.92. The zero-order valence-corrected chi connectivity index (χ0v) is 11.9. The summed E-state index contributed by atoms with van der Waals surface area (Å²) in [5, 5.41) is 9.92. The van der Waals surface area contributed by atoms with Crippen LogP contribution in [-0.4, -0.2) is 5.11 Å². The second-order valence-electron chi connectivity index (χ2n) is 7.23. The third-order valence-electron chi connectivity index (χ3n) is 6.48. The van der Waals surface area contributed by atoms with Crippen LogP contribution in [0.3, 0.4) is 0 Å². The van der Waals surface area contributed by atoms with Gasteiger partial charge in [-0.05, 0) is 78.5 Å². The molecule has 2 fully saturated rings. The molecule has 4 rings (SSSR count). The van der Waals surface area contributed by atoms with Gasteiger partial charge in [-0.15, -0.1) is 0 Å². The van der Waals surface area contributed by atoms with Crippen LogP contribution in [0.4, 0.5) is 0 Å². The molecule has 3 aliphatic rings. The predicted molar refractivity (Wildman–Crippen MR) is 77.3 cm³/mol. The quantitative estimate of drug-likeness (QED) is 0.728. The molecule has 2 bridgehead atoms. The minimum Gasteiger partial charge on any atom is -0.508 e. The first-order chi connectivity index (χ1) is 9.21. The molecule has 0 radical (unpaired) electrons. The van der Waals surface area contributed by atoms with Gasteiger partial charge >= 0.3 is 0 Å². The SMILES string of the molecule is C[C@@H]1CC[C@]23CCCC[C@H]2[C@H]1Cc1ccc(O)cc13. The Kier molecular flexibility index (Phi) is 2.49. The lowest BCUT2D eigenvalue weighted by molar-refractivity contribution is 0.0174. The van der Waals surface area contributed by atoms with Gasteiger partial charge in [0.05, 0.1) is 0 Å². The Morgan fingerprint density at radius 1 is 1.16 bits per heavy atom. The lowest BCUT2D eigenvalue weighted by Gasteiger charge is -2.57. The van der Waals surface area contributed by atoms with Crippen molar-refractivity contribution in [2.45, 2.75) is 57.3 Å². The molecule has 102 valence electrons. The van der Waals surface area contributed by atoms with E-state index in [1.54, 1.807) is 0 Å². The maximum atomic E-state index is 9.92. The Hall–Kier alpha value is -0.980. The van der Waals surface area contributed by atoms with Crippen LogP contribution in [-0.2, 0) is 11.8 Å². The average Bonchev–Trinajstić information content (AvgIpc) is 2.43. The summed E-state index contributed by atoms with van der Waals surface area (Å²) in [5.41, 5.74) is 3.47. The van der Waals surface area contributed by atoms with Crippen LogP contribution in [0.5, 0.6) is 5.75 Å². The first-order valence-electron chi connectivity index (χ1n) is 8.03. The van der Waals surface area contributed by atoms with E-state index in [9.17, 15) is 5.11 Å². The van der Waals surface area contributed by atoms with Gasteiger partial charge in [0.15, 0.2) is 0 Å². The van der Waals surface area contributed by atoms with Crippen LogP contribution >= 0.6 is 0 Å². The van der Waals surface area contributed by atoms with Crippen molar-refractivity contribution in [1.29, 1.82) is 0 Å². The smallest absolute Gasteiger partial charge is 0.115 e. The second kappa shape index (κ2) is 4.01. The van der Waals surface area contributed by atoms with E-state index in [0.717, 1.165) is 17.8 Å². The van der Waals surface area contributed by atoms with Gasteiger partial charge < -0.3 is 5.11 Å². The van der Waals surface area contributed by atoms with Gasteiger partial charge in [-0.2, -0.15) is 0 Å². The number of benzene rings is 1. The second-order valence-corrected chi connectivity index (χ2v) is 7.23. The Morgan fingerprint density at radius 2 is 2.05 bits per heavy atom. The van der Waals surface area contributed by atoms with E-state index in [1.165, 1.54) is 56.1 Å². The third-order valence-corrected chi connectivity index (χ3v) is 6.48. The average molecular weight is 256 g/mol. The van der Waals surface area contributed by atoms with Gasteiger partial charge in [-0.3, -0.25) is 0 Å². The number of aromatic hydroxyl groups is 1. The molecular weight excluding hydrogens is 232 g/mol. The number of rotatable bonds is 0. The highest BCUT2D eigenvalue weighted by molar-refractivity contribution is 5.44. The molecule has 0 saturated heterocycles. The lowest BCUT2D eigenvalue weighted by Crippen LogP contribution is -2.51. The zero-order valence-electron chi connectivity index (χ0n) is 11.9. The van der Waals surface area contributed by atoms with Crippen LogP contribution < -0.4 is 0 Å².